The molecule has 0 bridgehead atoms. The Hall–Kier alpha value is -1.10. The van der Waals surface area contributed by atoms with Gasteiger partial charge < -0.3 is 15.2 Å². The number of hydrogen-bond donors (Lipinski definition) is 2. The first-order valence-electron chi connectivity index (χ1n) is 4.63. The summed E-state index contributed by atoms with van der Waals surface area (Å²) in [4.78, 5) is 21.8. The van der Waals surface area contributed by atoms with Crippen LogP contribution in [0.1, 0.15) is 26.2 Å². The second-order valence-electron chi connectivity index (χ2n) is 2.99. The van der Waals surface area contributed by atoms with E-state index < -0.39 is 12.0 Å². The van der Waals surface area contributed by atoms with Crippen LogP contribution in [0.2, 0.25) is 0 Å². The first-order chi connectivity index (χ1) is 6.61. The van der Waals surface area contributed by atoms with Gasteiger partial charge in [-0.05, 0) is 6.42 Å². The van der Waals surface area contributed by atoms with E-state index in [1.165, 1.54) is 7.11 Å². The average Bonchev–Trinajstić information content (AvgIpc) is 2.14. The average molecular weight is 203 g/mol. The summed E-state index contributed by atoms with van der Waals surface area (Å²) < 4.78 is 4.71. The number of rotatable bonds is 7. The highest BCUT2D eigenvalue weighted by Gasteiger charge is 2.17. The molecule has 0 rings (SSSR count). The van der Waals surface area contributed by atoms with Crippen molar-refractivity contribution in [3.05, 3.63) is 0 Å². The van der Waals surface area contributed by atoms with Gasteiger partial charge in [-0.15, -0.1) is 0 Å². The van der Waals surface area contributed by atoms with Crippen molar-refractivity contribution in [3.63, 3.8) is 0 Å². The van der Waals surface area contributed by atoms with Crippen LogP contribution >= 0.6 is 0 Å². The van der Waals surface area contributed by atoms with Gasteiger partial charge in [0.2, 0.25) is 5.91 Å². The third-order valence-corrected chi connectivity index (χ3v) is 1.74. The summed E-state index contributed by atoms with van der Waals surface area (Å²) in [6, 6.07) is -0.774. The lowest BCUT2D eigenvalue weighted by atomic mass is 10.1. The summed E-state index contributed by atoms with van der Waals surface area (Å²) in [6.07, 6.45) is 1.37. The summed E-state index contributed by atoms with van der Waals surface area (Å²) in [7, 11) is 1.49. The van der Waals surface area contributed by atoms with E-state index in [1.54, 1.807) is 0 Å². The van der Waals surface area contributed by atoms with Gasteiger partial charge >= 0.3 is 5.97 Å². The van der Waals surface area contributed by atoms with Crippen LogP contribution in [0.5, 0.6) is 0 Å². The number of amides is 1. The maximum Gasteiger partial charge on any atom is 0.326 e. The minimum atomic E-state index is -0.988. The molecular formula is C9H17NO4. The number of hydrogen-bond acceptors (Lipinski definition) is 3. The molecule has 0 aromatic rings. The Morgan fingerprint density at radius 3 is 2.57 bits per heavy atom. The first kappa shape index (κ1) is 12.9. The molecule has 14 heavy (non-hydrogen) atoms. The highest BCUT2D eigenvalue weighted by molar-refractivity contribution is 5.83. The first-order valence-corrected chi connectivity index (χ1v) is 4.63. The van der Waals surface area contributed by atoms with Crippen molar-refractivity contribution in [1.82, 2.24) is 5.32 Å². The Morgan fingerprint density at radius 2 is 2.14 bits per heavy atom. The van der Waals surface area contributed by atoms with Gasteiger partial charge in [0, 0.05) is 13.5 Å². The van der Waals surface area contributed by atoms with Gasteiger partial charge in [-0.2, -0.15) is 0 Å². The normalized spacial score (nSPS) is 12.1. The molecule has 1 amide bonds. The zero-order chi connectivity index (χ0) is 11.0. The van der Waals surface area contributed by atoms with E-state index in [1.807, 2.05) is 6.92 Å². The van der Waals surface area contributed by atoms with Crippen LogP contribution in [0.15, 0.2) is 0 Å². The Bertz CT molecular complexity index is 193. The predicted octanol–water partition coefficient (Wildman–Crippen LogP) is 0.392. The van der Waals surface area contributed by atoms with E-state index in [0.29, 0.717) is 13.0 Å². The number of carboxylic acid groups (broad SMARTS) is 1. The van der Waals surface area contributed by atoms with Crippen LogP contribution in [-0.4, -0.2) is 36.7 Å². The van der Waals surface area contributed by atoms with Crippen molar-refractivity contribution in [3.8, 4) is 0 Å². The van der Waals surface area contributed by atoms with Crippen molar-refractivity contribution in [2.75, 3.05) is 13.7 Å². The fourth-order valence-electron chi connectivity index (χ4n) is 1.01. The van der Waals surface area contributed by atoms with E-state index in [-0.39, 0.29) is 12.3 Å². The summed E-state index contributed by atoms with van der Waals surface area (Å²) in [5.41, 5.74) is 0. The van der Waals surface area contributed by atoms with Crippen molar-refractivity contribution < 1.29 is 19.4 Å². The maximum absolute atomic E-state index is 11.1. The van der Waals surface area contributed by atoms with Crippen molar-refractivity contribution in [2.45, 2.75) is 32.2 Å². The quantitative estimate of drug-likeness (QED) is 0.627. The van der Waals surface area contributed by atoms with Gasteiger partial charge in [-0.3, -0.25) is 4.79 Å². The van der Waals surface area contributed by atoms with E-state index in [4.69, 9.17) is 9.84 Å². The summed E-state index contributed by atoms with van der Waals surface area (Å²) in [5.74, 6) is -1.27. The van der Waals surface area contributed by atoms with Gasteiger partial charge in [0.25, 0.3) is 0 Å². The molecule has 0 heterocycles. The molecule has 5 nitrogen and oxygen atoms in total. The Morgan fingerprint density at radius 1 is 1.50 bits per heavy atom. The van der Waals surface area contributed by atoms with Crippen LogP contribution in [0.25, 0.3) is 0 Å². The Kier molecular flexibility index (Phi) is 6.74. The smallest absolute Gasteiger partial charge is 0.326 e. The van der Waals surface area contributed by atoms with Gasteiger partial charge in [0.05, 0.1) is 6.61 Å². The van der Waals surface area contributed by atoms with E-state index in [0.717, 1.165) is 6.42 Å². The molecule has 5 heteroatoms. The summed E-state index contributed by atoms with van der Waals surface area (Å²) in [6.45, 7) is 2.18. The maximum atomic E-state index is 11.1. The van der Waals surface area contributed by atoms with Gasteiger partial charge in [0.1, 0.15) is 6.04 Å². The highest BCUT2D eigenvalue weighted by Crippen LogP contribution is 1.97. The molecule has 0 spiro atoms. The largest absolute Gasteiger partial charge is 0.480 e. The van der Waals surface area contributed by atoms with Crippen LogP contribution in [-0.2, 0) is 14.3 Å². The Labute approximate surface area is 83.4 Å². The second kappa shape index (κ2) is 7.32. The minimum Gasteiger partial charge on any atom is -0.480 e. The van der Waals surface area contributed by atoms with Crippen molar-refractivity contribution in [1.29, 1.82) is 0 Å². The SMILES string of the molecule is CCCC(NC(=O)CCOC)C(=O)O. The molecule has 1 unspecified atom stereocenters. The van der Waals surface area contributed by atoms with Gasteiger partial charge in [0.15, 0.2) is 0 Å². The van der Waals surface area contributed by atoms with E-state index in [2.05, 4.69) is 5.32 Å². The minimum absolute atomic E-state index is 0.198. The summed E-state index contributed by atoms with van der Waals surface area (Å²) in [5, 5.41) is 11.2. The number of carboxylic acids is 1. The third-order valence-electron chi connectivity index (χ3n) is 1.74. The highest BCUT2D eigenvalue weighted by atomic mass is 16.5. The standard InChI is InChI=1S/C9H17NO4/c1-3-4-7(9(12)13)10-8(11)5-6-14-2/h7H,3-6H2,1-2H3,(H,10,11)(H,12,13). The molecule has 0 aliphatic rings. The molecule has 82 valence electrons. The van der Waals surface area contributed by atoms with Gasteiger partial charge in [-0.25, -0.2) is 4.79 Å². The van der Waals surface area contributed by atoms with Crippen LogP contribution < -0.4 is 5.32 Å². The van der Waals surface area contributed by atoms with E-state index in [9.17, 15) is 9.59 Å². The van der Waals surface area contributed by atoms with Crippen molar-refractivity contribution in [2.24, 2.45) is 0 Å². The molecule has 0 aromatic carbocycles. The molecule has 0 aliphatic heterocycles. The fraction of sp³-hybridized carbons (Fsp3) is 0.778. The zero-order valence-electron chi connectivity index (χ0n) is 8.58. The fourth-order valence-corrected chi connectivity index (χ4v) is 1.01. The van der Waals surface area contributed by atoms with E-state index >= 15 is 0 Å². The number of nitrogens with one attached hydrogen (secondary N) is 1. The molecule has 1 atom stereocenters. The lowest BCUT2D eigenvalue weighted by molar-refractivity contribution is -0.142. The summed E-state index contributed by atoms with van der Waals surface area (Å²) >= 11 is 0. The van der Waals surface area contributed by atoms with Crippen molar-refractivity contribution >= 4 is 11.9 Å². The van der Waals surface area contributed by atoms with Crippen LogP contribution in [0.4, 0.5) is 0 Å². The topological polar surface area (TPSA) is 75.6 Å². The van der Waals surface area contributed by atoms with Crippen LogP contribution in [0.3, 0.4) is 0 Å². The number of methoxy groups -OCH3 is 1. The molecule has 2 N–H and O–H groups in total. The predicted molar refractivity (Wildman–Crippen MR) is 51.0 cm³/mol. The number of aliphatic carboxylic acids is 1. The molecule has 0 radical (unpaired) electrons. The number of ether oxygens (including phenoxy) is 1. The lowest BCUT2D eigenvalue weighted by Gasteiger charge is -2.12. The molecule has 0 fully saturated rings. The zero-order valence-corrected chi connectivity index (χ0v) is 8.58. The number of carbonyl (C=O) groups excluding carboxylic acids is 1. The third kappa shape index (κ3) is 5.53. The molecule has 0 aromatic heterocycles. The lowest BCUT2D eigenvalue weighted by Crippen LogP contribution is -2.40. The number of carbonyl (C=O) groups is 2. The molecule has 0 aliphatic carbocycles. The molecule has 0 saturated carbocycles. The Balaban J connectivity index is 3.90. The molecular weight excluding hydrogens is 186 g/mol. The van der Waals surface area contributed by atoms with Gasteiger partial charge in [-0.1, -0.05) is 13.3 Å². The molecule has 0 saturated heterocycles. The monoisotopic (exact) mass is 203 g/mol. The van der Waals surface area contributed by atoms with Crippen LogP contribution in [0, 0.1) is 0 Å². The second-order valence-corrected chi connectivity index (χ2v) is 2.99.